The number of carbonyl (C=O) groups excluding carboxylic acids is 2. The summed E-state index contributed by atoms with van der Waals surface area (Å²) in [7, 11) is 0. The molecule has 2 N–H and O–H groups in total. The lowest BCUT2D eigenvalue weighted by molar-refractivity contribution is -0.117. The molecular weight excluding hydrogens is 476 g/mol. The number of nitrogens with zero attached hydrogens (tertiary/aromatic N) is 1. The summed E-state index contributed by atoms with van der Waals surface area (Å²) in [5.41, 5.74) is 3.21. The molecule has 30 heavy (non-hydrogen) atoms. The molecule has 0 saturated carbocycles. The number of amides is 2. The number of nitrogens with one attached hydrogen (secondary N) is 1. The van der Waals surface area contributed by atoms with Gasteiger partial charge in [-0.1, -0.05) is 33.6 Å². The monoisotopic (exact) mass is 486 g/mol. The van der Waals surface area contributed by atoms with Crippen molar-refractivity contribution in [2.45, 2.75) is 0 Å². The summed E-state index contributed by atoms with van der Waals surface area (Å²) in [5.74, 6) is -1.73. The molecule has 0 aliphatic carbocycles. The Balaban J connectivity index is 1.66. The Morgan fingerprint density at radius 3 is 2.67 bits per heavy atom. The molecule has 0 spiro atoms. The molecule has 2 aromatic carbocycles. The first-order valence-electron chi connectivity index (χ1n) is 8.59. The van der Waals surface area contributed by atoms with Crippen LogP contribution < -0.4 is 10.4 Å². The first kappa shape index (κ1) is 19.9. The third kappa shape index (κ3) is 3.74. The van der Waals surface area contributed by atoms with E-state index in [1.807, 2.05) is 0 Å². The van der Waals surface area contributed by atoms with Gasteiger partial charge in [0.25, 0.3) is 11.8 Å². The number of furan rings is 1. The third-order valence-electron chi connectivity index (χ3n) is 4.35. The van der Waals surface area contributed by atoms with Crippen LogP contribution >= 0.6 is 27.5 Å². The van der Waals surface area contributed by atoms with Crippen molar-refractivity contribution in [3.8, 4) is 11.3 Å². The minimum Gasteiger partial charge on any atom is -0.478 e. The number of carboxylic acids is 1. The topological polar surface area (TPSA) is 99.9 Å². The number of aromatic carboxylic acids is 1. The van der Waals surface area contributed by atoms with Gasteiger partial charge in [0.1, 0.15) is 17.1 Å². The molecule has 2 heterocycles. The van der Waals surface area contributed by atoms with Crippen LogP contribution in [0.2, 0.25) is 5.02 Å². The van der Waals surface area contributed by atoms with Gasteiger partial charge in [0, 0.05) is 15.1 Å². The standard InChI is InChI=1S/C21H12BrClN2O5/c22-11-4-6-15(16(8-11)21(28)29)18-7-5-14(30-18)10-17-19(26)24-25(20(17)27)13-3-1-2-12(23)9-13/h1-10H,(H,24,26)(H,28,29)/b17-10-. The molecule has 1 saturated heterocycles. The minimum absolute atomic E-state index is 0.0553. The van der Waals surface area contributed by atoms with Crippen LogP contribution in [-0.2, 0) is 9.59 Å². The van der Waals surface area contributed by atoms with Crippen LogP contribution in [0.25, 0.3) is 17.4 Å². The highest BCUT2D eigenvalue weighted by molar-refractivity contribution is 9.10. The zero-order valence-electron chi connectivity index (χ0n) is 15.1. The Hall–Kier alpha value is -3.36. The molecule has 1 aromatic heterocycles. The van der Waals surface area contributed by atoms with Gasteiger partial charge in [0.05, 0.1) is 11.3 Å². The van der Waals surface area contributed by atoms with Crippen LogP contribution in [-0.4, -0.2) is 22.9 Å². The molecule has 0 radical (unpaired) electrons. The predicted molar refractivity (Wildman–Crippen MR) is 114 cm³/mol. The lowest BCUT2D eigenvalue weighted by Crippen LogP contribution is -2.35. The molecular formula is C21H12BrClN2O5. The summed E-state index contributed by atoms with van der Waals surface area (Å²) >= 11 is 9.20. The van der Waals surface area contributed by atoms with E-state index in [2.05, 4.69) is 21.4 Å². The molecule has 4 rings (SSSR count). The Labute approximate surface area is 183 Å². The normalized spacial score (nSPS) is 15.0. The SMILES string of the molecule is O=C1NN(c2cccc(Cl)c2)C(=O)/C1=C\c1ccc(-c2ccc(Br)cc2C(=O)O)o1. The second-order valence-corrected chi connectivity index (χ2v) is 7.67. The van der Waals surface area contributed by atoms with Crippen LogP contribution in [0.15, 0.2) is 69.1 Å². The van der Waals surface area contributed by atoms with Gasteiger partial charge in [0.2, 0.25) is 0 Å². The Morgan fingerprint density at radius 1 is 1.13 bits per heavy atom. The summed E-state index contributed by atoms with van der Waals surface area (Å²) in [6.07, 6.45) is 1.31. The maximum absolute atomic E-state index is 12.7. The molecule has 3 aromatic rings. The van der Waals surface area contributed by atoms with Crippen LogP contribution in [0.3, 0.4) is 0 Å². The number of benzene rings is 2. The lowest BCUT2D eigenvalue weighted by atomic mass is 10.1. The molecule has 0 bridgehead atoms. The highest BCUT2D eigenvalue weighted by Gasteiger charge is 2.34. The first-order chi connectivity index (χ1) is 14.3. The molecule has 9 heteroatoms. The summed E-state index contributed by atoms with van der Waals surface area (Å²) < 4.78 is 6.31. The van der Waals surface area contributed by atoms with E-state index in [0.29, 0.717) is 26.5 Å². The van der Waals surface area contributed by atoms with Crippen molar-refractivity contribution in [1.82, 2.24) is 5.43 Å². The smallest absolute Gasteiger partial charge is 0.336 e. The van der Waals surface area contributed by atoms with E-state index in [4.69, 9.17) is 16.0 Å². The average Bonchev–Trinajstić information content (AvgIpc) is 3.28. The van der Waals surface area contributed by atoms with Crippen molar-refractivity contribution in [2.75, 3.05) is 5.01 Å². The summed E-state index contributed by atoms with van der Waals surface area (Å²) in [6.45, 7) is 0. The number of halogens is 2. The fraction of sp³-hybridized carbons (Fsp3) is 0. The molecule has 7 nitrogen and oxygen atoms in total. The van der Waals surface area contributed by atoms with E-state index in [9.17, 15) is 19.5 Å². The maximum Gasteiger partial charge on any atom is 0.336 e. The van der Waals surface area contributed by atoms with Gasteiger partial charge >= 0.3 is 5.97 Å². The molecule has 1 fully saturated rings. The van der Waals surface area contributed by atoms with Gasteiger partial charge in [-0.15, -0.1) is 0 Å². The van der Waals surface area contributed by atoms with Crippen molar-refractivity contribution < 1.29 is 23.9 Å². The fourth-order valence-corrected chi connectivity index (χ4v) is 3.53. The minimum atomic E-state index is -1.11. The van der Waals surface area contributed by atoms with E-state index in [1.165, 1.54) is 12.1 Å². The Kier molecular flexibility index (Phi) is 5.19. The molecule has 1 aliphatic rings. The molecule has 1 aliphatic heterocycles. The quantitative estimate of drug-likeness (QED) is 0.416. The second kappa shape index (κ2) is 7.81. The van der Waals surface area contributed by atoms with Gasteiger partial charge in [0.15, 0.2) is 0 Å². The van der Waals surface area contributed by atoms with Crippen LogP contribution in [0.5, 0.6) is 0 Å². The number of rotatable bonds is 4. The van der Waals surface area contributed by atoms with Crippen LogP contribution in [0.1, 0.15) is 16.1 Å². The number of carboxylic acid groups (broad SMARTS) is 1. The number of carbonyl (C=O) groups is 3. The predicted octanol–water partition coefficient (Wildman–Crippen LogP) is 4.52. The largest absolute Gasteiger partial charge is 0.478 e. The zero-order valence-corrected chi connectivity index (χ0v) is 17.4. The van der Waals surface area contributed by atoms with E-state index < -0.39 is 17.8 Å². The molecule has 0 atom stereocenters. The van der Waals surface area contributed by atoms with Crippen molar-refractivity contribution >= 4 is 57.1 Å². The Bertz CT molecular complexity index is 1230. The van der Waals surface area contributed by atoms with Gasteiger partial charge in [-0.3, -0.25) is 15.0 Å². The highest BCUT2D eigenvalue weighted by Crippen LogP contribution is 2.30. The zero-order chi connectivity index (χ0) is 21.4. The van der Waals surface area contributed by atoms with Crippen molar-refractivity contribution in [1.29, 1.82) is 0 Å². The van der Waals surface area contributed by atoms with Crippen LogP contribution in [0.4, 0.5) is 5.69 Å². The maximum atomic E-state index is 12.7. The van der Waals surface area contributed by atoms with E-state index >= 15 is 0 Å². The number of hydrogen-bond donors (Lipinski definition) is 2. The van der Waals surface area contributed by atoms with Gasteiger partial charge in [-0.05, 0) is 54.6 Å². The lowest BCUT2D eigenvalue weighted by Gasteiger charge is -2.14. The second-order valence-electron chi connectivity index (χ2n) is 6.32. The fourth-order valence-electron chi connectivity index (χ4n) is 2.98. The van der Waals surface area contributed by atoms with Gasteiger partial charge in [-0.2, -0.15) is 0 Å². The number of hydrogen-bond acceptors (Lipinski definition) is 4. The van der Waals surface area contributed by atoms with Crippen molar-refractivity contribution in [3.05, 3.63) is 81.0 Å². The molecule has 0 unspecified atom stereocenters. The summed E-state index contributed by atoms with van der Waals surface area (Å²) in [4.78, 5) is 36.5. The van der Waals surface area contributed by atoms with Gasteiger partial charge < -0.3 is 9.52 Å². The van der Waals surface area contributed by atoms with E-state index in [0.717, 1.165) is 5.01 Å². The number of hydrazine groups is 1. The average molecular weight is 488 g/mol. The van der Waals surface area contributed by atoms with Crippen molar-refractivity contribution in [2.24, 2.45) is 0 Å². The molecule has 150 valence electrons. The van der Waals surface area contributed by atoms with Gasteiger partial charge in [-0.25, -0.2) is 9.80 Å². The highest BCUT2D eigenvalue weighted by atomic mass is 79.9. The first-order valence-corrected chi connectivity index (χ1v) is 9.76. The third-order valence-corrected chi connectivity index (χ3v) is 5.08. The molecule has 2 amide bonds. The number of anilines is 1. The summed E-state index contributed by atoms with van der Waals surface area (Å²) in [5, 5.41) is 10.9. The summed E-state index contributed by atoms with van der Waals surface area (Å²) in [6, 6.07) is 14.4. The van der Waals surface area contributed by atoms with E-state index in [-0.39, 0.29) is 16.9 Å². The van der Waals surface area contributed by atoms with Crippen molar-refractivity contribution in [3.63, 3.8) is 0 Å². The van der Waals surface area contributed by atoms with Crippen LogP contribution in [0, 0.1) is 0 Å². The Morgan fingerprint density at radius 2 is 1.93 bits per heavy atom. The van der Waals surface area contributed by atoms with E-state index in [1.54, 1.807) is 48.5 Å².